The lowest BCUT2D eigenvalue weighted by molar-refractivity contribution is 0.651. The second-order valence-corrected chi connectivity index (χ2v) is 3.96. The number of aryl methyl sites for hydroxylation is 1. The molecule has 0 amide bonds. The van der Waals surface area contributed by atoms with Gasteiger partial charge in [-0.1, -0.05) is 4.49 Å². The third-order valence-corrected chi connectivity index (χ3v) is 2.85. The summed E-state index contributed by atoms with van der Waals surface area (Å²) in [5.41, 5.74) is 2.08. The highest BCUT2D eigenvalue weighted by Crippen LogP contribution is 2.18. The SMILES string of the molecule is CCNc1snnc1Cn1nccc1C. The molecule has 0 unspecified atom stereocenters. The number of aromatic nitrogens is 4. The van der Waals surface area contributed by atoms with Gasteiger partial charge in [0.1, 0.15) is 10.7 Å². The van der Waals surface area contributed by atoms with Crippen LogP contribution in [-0.2, 0) is 6.54 Å². The average molecular weight is 223 g/mol. The van der Waals surface area contributed by atoms with E-state index in [4.69, 9.17) is 0 Å². The van der Waals surface area contributed by atoms with Crippen LogP contribution < -0.4 is 5.32 Å². The van der Waals surface area contributed by atoms with Gasteiger partial charge in [0.2, 0.25) is 0 Å². The van der Waals surface area contributed by atoms with Gasteiger partial charge in [-0.2, -0.15) is 5.10 Å². The quantitative estimate of drug-likeness (QED) is 0.854. The number of hydrogen-bond acceptors (Lipinski definition) is 5. The second kappa shape index (κ2) is 4.39. The first-order valence-electron chi connectivity index (χ1n) is 4.84. The maximum atomic E-state index is 4.22. The Bertz CT molecular complexity index is 433. The highest BCUT2D eigenvalue weighted by atomic mass is 32.1. The lowest BCUT2D eigenvalue weighted by atomic mass is 10.4. The molecule has 2 rings (SSSR count). The molecule has 2 heterocycles. The first kappa shape index (κ1) is 10.1. The maximum absolute atomic E-state index is 4.22. The van der Waals surface area contributed by atoms with E-state index in [0.29, 0.717) is 6.54 Å². The minimum Gasteiger partial charge on any atom is -0.374 e. The van der Waals surface area contributed by atoms with Gasteiger partial charge in [-0.15, -0.1) is 5.10 Å². The minimum atomic E-state index is 0.678. The molecule has 0 aliphatic rings. The Labute approximate surface area is 92.3 Å². The largest absolute Gasteiger partial charge is 0.374 e. The van der Waals surface area contributed by atoms with Crippen LogP contribution in [-0.4, -0.2) is 25.9 Å². The normalized spacial score (nSPS) is 10.5. The van der Waals surface area contributed by atoms with Crippen molar-refractivity contribution >= 4 is 16.5 Å². The Kier molecular flexibility index (Phi) is 2.96. The zero-order chi connectivity index (χ0) is 10.7. The van der Waals surface area contributed by atoms with Crippen molar-refractivity contribution in [3.63, 3.8) is 0 Å². The van der Waals surface area contributed by atoms with Crippen LogP contribution in [0.3, 0.4) is 0 Å². The summed E-state index contributed by atoms with van der Waals surface area (Å²) >= 11 is 1.39. The van der Waals surface area contributed by atoms with Crippen molar-refractivity contribution in [3.8, 4) is 0 Å². The minimum absolute atomic E-state index is 0.678. The van der Waals surface area contributed by atoms with E-state index >= 15 is 0 Å². The van der Waals surface area contributed by atoms with Crippen molar-refractivity contribution in [1.29, 1.82) is 0 Å². The molecule has 6 heteroatoms. The molecule has 2 aromatic heterocycles. The second-order valence-electron chi connectivity index (χ2n) is 3.21. The molecule has 0 aromatic carbocycles. The topological polar surface area (TPSA) is 55.6 Å². The van der Waals surface area contributed by atoms with E-state index in [1.807, 2.05) is 17.7 Å². The summed E-state index contributed by atoms with van der Waals surface area (Å²) in [6.45, 7) is 5.65. The molecule has 0 aliphatic heterocycles. The fraction of sp³-hybridized carbons (Fsp3) is 0.444. The summed E-state index contributed by atoms with van der Waals surface area (Å²) in [6, 6.07) is 1.98. The first-order chi connectivity index (χ1) is 7.31. The van der Waals surface area contributed by atoms with Gasteiger partial charge in [0, 0.05) is 30.0 Å². The van der Waals surface area contributed by atoms with Crippen molar-refractivity contribution in [2.45, 2.75) is 20.4 Å². The molecular formula is C9H13N5S. The Morgan fingerprint density at radius 2 is 2.40 bits per heavy atom. The number of nitrogens with zero attached hydrogens (tertiary/aromatic N) is 4. The lowest BCUT2D eigenvalue weighted by Crippen LogP contribution is -2.06. The highest BCUT2D eigenvalue weighted by Gasteiger charge is 2.08. The van der Waals surface area contributed by atoms with Gasteiger partial charge in [-0.3, -0.25) is 4.68 Å². The summed E-state index contributed by atoms with van der Waals surface area (Å²) in [6.07, 6.45) is 1.79. The highest BCUT2D eigenvalue weighted by molar-refractivity contribution is 7.10. The van der Waals surface area contributed by atoms with E-state index in [1.54, 1.807) is 6.20 Å². The van der Waals surface area contributed by atoms with Crippen LogP contribution in [0, 0.1) is 6.92 Å². The molecule has 0 saturated carbocycles. The van der Waals surface area contributed by atoms with E-state index in [9.17, 15) is 0 Å². The van der Waals surface area contributed by atoms with E-state index in [1.165, 1.54) is 11.5 Å². The molecule has 80 valence electrons. The monoisotopic (exact) mass is 223 g/mol. The Hall–Kier alpha value is -1.43. The molecule has 0 saturated heterocycles. The molecule has 0 atom stereocenters. The van der Waals surface area contributed by atoms with E-state index in [-0.39, 0.29) is 0 Å². The van der Waals surface area contributed by atoms with Crippen molar-refractivity contribution in [2.24, 2.45) is 0 Å². The summed E-state index contributed by atoms with van der Waals surface area (Å²) < 4.78 is 5.85. The lowest BCUT2D eigenvalue weighted by Gasteiger charge is -2.04. The maximum Gasteiger partial charge on any atom is 0.135 e. The van der Waals surface area contributed by atoms with Crippen LogP contribution in [0.4, 0.5) is 5.00 Å². The zero-order valence-corrected chi connectivity index (χ0v) is 9.58. The molecule has 1 N–H and O–H groups in total. The summed E-state index contributed by atoms with van der Waals surface area (Å²) in [4.78, 5) is 0. The van der Waals surface area contributed by atoms with E-state index < -0.39 is 0 Å². The summed E-state index contributed by atoms with van der Waals surface area (Å²) in [5.74, 6) is 0. The van der Waals surface area contributed by atoms with E-state index in [2.05, 4.69) is 26.9 Å². The smallest absolute Gasteiger partial charge is 0.135 e. The van der Waals surface area contributed by atoms with Gasteiger partial charge in [0.05, 0.1) is 6.54 Å². The van der Waals surface area contributed by atoms with Crippen LogP contribution >= 0.6 is 11.5 Å². The standard InChI is InChI=1S/C9H13N5S/c1-3-10-9-8(12-13-15-9)6-14-7(2)4-5-11-14/h4-5,10H,3,6H2,1-2H3. The van der Waals surface area contributed by atoms with Crippen molar-refractivity contribution in [1.82, 2.24) is 19.4 Å². The predicted molar refractivity (Wildman–Crippen MR) is 60.1 cm³/mol. The Morgan fingerprint density at radius 3 is 3.07 bits per heavy atom. The van der Waals surface area contributed by atoms with Crippen LogP contribution in [0.25, 0.3) is 0 Å². The van der Waals surface area contributed by atoms with E-state index in [0.717, 1.165) is 22.9 Å². The van der Waals surface area contributed by atoms with Crippen molar-refractivity contribution in [3.05, 3.63) is 23.7 Å². The zero-order valence-electron chi connectivity index (χ0n) is 8.77. The van der Waals surface area contributed by atoms with Gasteiger partial charge in [-0.25, -0.2) is 0 Å². The first-order valence-corrected chi connectivity index (χ1v) is 5.62. The van der Waals surface area contributed by atoms with Gasteiger partial charge in [0.15, 0.2) is 0 Å². The van der Waals surface area contributed by atoms with Crippen LogP contribution in [0.2, 0.25) is 0 Å². The van der Waals surface area contributed by atoms with Gasteiger partial charge >= 0.3 is 0 Å². The summed E-state index contributed by atoms with van der Waals surface area (Å²) in [5, 5.41) is 12.6. The number of rotatable bonds is 4. The Morgan fingerprint density at radius 1 is 1.53 bits per heavy atom. The fourth-order valence-corrected chi connectivity index (χ4v) is 1.95. The number of hydrogen-bond donors (Lipinski definition) is 1. The molecule has 0 spiro atoms. The number of anilines is 1. The molecule has 5 nitrogen and oxygen atoms in total. The Balaban J connectivity index is 2.17. The van der Waals surface area contributed by atoms with Crippen LogP contribution in [0.5, 0.6) is 0 Å². The molecule has 0 fully saturated rings. The third kappa shape index (κ3) is 2.15. The summed E-state index contributed by atoms with van der Waals surface area (Å²) in [7, 11) is 0. The third-order valence-electron chi connectivity index (χ3n) is 2.12. The molecular weight excluding hydrogens is 210 g/mol. The molecule has 2 aromatic rings. The van der Waals surface area contributed by atoms with Crippen molar-refractivity contribution in [2.75, 3.05) is 11.9 Å². The molecule has 0 aliphatic carbocycles. The van der Waals surface area contributed by atoms with Gasteiger partial charge < -0.3 is 5.32 Å². The van der Waals surface area contributed by atoms with Gasteiger partial charge in [-0.05, 0) is 19.9 Å². The van der Waals surface area contributed by atoms with Crippen LogP contribution in [0.15, 0.2) is 12.3 Å². The van der Waals surface area contributed by atoms with Crippen molar-refractivity contribution < 1.29 is 0 Å². The fourth-order valence-electron chi connectivity index (χ4n) is 1.31. The number of nitrogens with one attached hydrogen (secondary N) is 1. The van der Waals surface area contributed by atoms with Gasteiger partial charge in [0.25, 0.3) is 0 Å². The molecule has 0 bridgehead atoms. The predicted octanol–water partition coefficient (Wildman–Crippen LogP) is 1.52. The molecule has 0 radical (unpaired) electrons. The molecule has 15 heavy (non-hydrogen) atoms. The van der Waals surface area contributed by atoms with Crippen LogP contribution in [0.1, 0.15) is 18.3 Å². The average Bonchev–Trinajstić information content (AvgIpc) is 2.80.